The summed E-state index contributed by atoms with van der Waals surface area (Å²) in [5.74, 6) is 0.533. The van der Waals surface area contributed by atoms with Gasteiger partial charge in [0.25, 0.3) is 5.56 Å². The lowest BCUT2D eigenvalue weighted by Gasteiger charge is -2.11. The second kappa shape index (κ2) is 6.09. The van der Waals surface area contributed by atoms with Crippen molar-refractivity contribution in [2.75, 3.05) is 0 Å². The molecule has 2 rings (SSSR count). The third-order valence-electron chi connectivity index (χ3n) is 3.24. The number of aromatic nitrogens is 4. The standard InChI is InChI=1S/C14H22N4O2S/c1-8(2)6-7-18-10-11(15-14(18)21-9(3)4)17(5)13(20)16-12(10)19/h8-9H,6-7H2,1-5H3,(H,16,19,20). The van der Waals surface area contributed by atoms with E-state index in [1.165, 1.54) is 4.57 Å². The quantitative estimate of drug-likeness (QED) is 0.857. The first kappa shape index (κ1) is 15.9. The Hall–Kier alpha value is -1.50. The summed E-state index contributed by atoms with van der Waals surface area (Å²) in [7, 11) is 1.63. The van der Waals surface area contributed by atoms with Crippen LogP contribution in [0.15, 0.2) is 14.7 Å². The third kappa shape index (κ3) is 3.23. The van der Waals surface area contributed by atoms with Crippen molar-refractivity contribution in [1.82, 2.24) is 19.1 Å². The molecular weight excluding hydrogens is 288 g/mol. The monoisotopic (exact) mass is 310 g/mol. The number of aromatic amines is 1. The van der Waals surface area contributed by atoms with Crippen molar-refractivity contribution in [3.05, 3.63) is 20.8 Å². The number of nitrogens with zero attached hydrogens (tertiary/aromatic N) is 3. The fourth-order valence-corrected chi connectivity index (χ4v) is 2.98. The molecule has 1 N–H and O–H groups in total. The van der Waals surface area contributed by atoms with E-state index >= 15 is 0 Å². The molecule has 7 heteroatoms. The molecule has 0 saturated carbocycles. The molecule has 116 valence electrons. The van der Waals surface area contributed by atoms with Crippen LogP contribution in [0.3, 0.4) is 0 Å². The van der Waals surface area contributed by atoms with Crippen LogP contribution in [0.25, 0.3) is 11.2 Å². The summed E-state index contributed by atoms with van der Waals surface area (Å²) in [6.07, 6.45) is 0.958. The first-order valence-electron chi connectivity index (χ1n) is 7.17. The topological polar surface area (TPSA) is 72.7 Å². The van der Waals surface area contributed by atoms with Crippen molar-refractivity contribution in [2.24, 2.45) is 13.0 Å². The molecular formula is C14H22N4O2S. The summed E-state index contributed by atoms with van der Waals surface area (Å²) in [5, 5.41) is 1.16. The van der Waals surface area contributed by atoms with Gasteiger partial charge in [-0.3, -0.25) is 14.3 Å². The molecule has 0 aliphatic heterocycles. The molecule has 0 aromatic carbocycles. The zero-order valence-electron chi connectivity index (χ0n) is 13.1. The van der Waals surface area contributed by atoms with E-state index in [0.717, 1.165) is 18.1 Å². The minimum absolute atomic E-state index is 0.357. The molecule has 0 spiro atoms. The zero-order valence-corrected chi connectivity index (χ0v) is 14.0. The Bertz CT molecular complexity index is 755. The number of H-pyrrole nitrogens is 1. The Morgan fingerprint density at radius 2 is 1.90 bits per heavy atom. The van der Waals surface area contributed by atoms with Crippen LogP contribution in [0.5, 0.6) is 0 Å². The Balaban J connectivity index is 2.67. The van der Waals surface area contributed by atoms with E-state index in [1.54, 1.807) is 18.8 Å². The van der Waals surface area contributed by atoms with Gasteiger partial charge in [0.1, 0.15) is 0 Å². The van der Waals surface area contributed by atoms with E-state index < -0.39 is 5.69 Å². The van der Waals surface area contributed by atoms with Crippen LogP contribution in [0.4, 0.5) is 0 Å². The lowest BCUT2D eigenvalue weighted by Crippen LogP contribution is -2.29. The van der Waals surface area contributed by atoms with E-state index in [0.29, 0.717) is 22.3 Å². The lowest BCUT2D eigenvalue weighted by atomic mass is 10.1. The van der Waals surface area contributed by atoms with Gasteiger partial charge in [0.2, 0.25) is 0 Å². The molecule has 0 bridgehead atoms. The first-order valence-corrected chi connectivity index (χ1v) is 8.05. The summed E-state index contributed by atoms with van der Waals surface area (Å²) in [5.41, 5.74) is 0.152. The molecule has 0 unspecified atom stereocenters. The SMILES string of the molecule is CC(C)CCn1c(SC(C)C)nc2c1c(=O)[nH]c(=O)n2C. The van der Waals surface area contributed by atoms with Crippen LogP contribution in [-0.4, -0.2) is 24.4 Å². The Kier molecular flexibility index (Phi) is 4.61. The molecule has 0 aliphatic carbocycles. The van der Waals surface area contributed by atoms with E-state index in [-0.39, 0.29) is 5.56 Å². The minimum atomic E-state index is -0.429. The molecule has 0 aliphatic rings. The molecule has 2 aromatic heterocycles. The third-order valence-corrected chi connectivity index (χ3v) is 4.24. The van der Waals surface area contributed by atoms with E-state index in [4.69, 9.17) is 0 Å². The van der Waals surface area contributed by atoms with Crippen molar-refractivity contribution >= 4 is 22.9 Å². The van der Waals surface area contributed by atoms with Gasteiger partial charge in [-0.2, -0.15) is 0 Å². The summed E-state index contributed by atoms with van der Waals surface area (Å²) in [4.78, 5) is 30.8. The van der Waals surface area contributed by atoms with Crippen LogP contribution in [-0.2, 0) is 13.6 Å². The van der Waals surface area contributed by atoms with Gasteiger partial charge in [-0.25, -0.2) is 9.78 Å². The number of fused-ring (bicyclic) bond motifs is 1. The molecule has 6 nitrogen and oxygen atoms in total. The van der Waals surface area contributed by atoms with Gasteiger partial charge in [-0.1, -0.05) is 39.5 Å². The summed E-state index contributed by atoms with van der Waals surface area (Å²) >= 11 is 1.61. The number of thioether (sulfide) groups is 1. The number of rotatable bonds is 5. The summed E-state index contributed by atoms with van der Waals surface area (Å²) in [6.45, 7) is 9.19. The number of imidazole rings is 1. The van der Waals surface area contributed by atoms with Gasteiger partial charge < -0.3 is 4.57 Å². The van der Waals surface area contributed by atoms with Gasteiger partial charge in [-0.15, -0.1) is 0 Å². The average molecular weight is 310 g/mol. The van der Waals surface area contributed by atoms with Gasteiger partial charge in [-0.05, 0) is 12.3 Å². The minimum Gasteiger partial charge on any atom is -0.313 e. The molecule has 0 fully saturated rings. The second-order valence-electron chi connectivity index (χ2n) is 5.89. The normalized spacial score (nSPS) is 12.0. The highest BCUT2D eigenvalue weighted by molar-refractivity contribution is 7.99. The Morgan fingerprint density at radius 1 is 1.24 bits per heavy atom. The summed E-state index contributed by atoms with van der Waals surface area (Å²) in [6, 6.07) is 0. The Labute approximate surface area is 127 Å². The van der Waals surface area contributed by atoms with Crippen molar-refractivity contribution in [3.63, 3.8) is 0 Å². The molecule has 0 saturated heterocycles. The molecule has 0 radical (unpaired) electrons. The second-order valence-corrected chi connectivity index (χ2v) is 7.43. The summed E-state index contributed by atoms with van der Waals surface area (Å²) < 4.78 is 3.34. The highest BCUT2D eigenvalue weighted by atomic mass is 32.2. The predicted octanol–water partition coefficient (Wildman–Crippen LogP) is 1.97. The van der Waals surface area contributed by atoms with Crippen molar-refractivity contribution < 1.29 is 0 Å². The van der Waals surface area contributed by atoms with Gasteiger partial charge in [0.05, 0.1) is 0 Å². The van der Waals surface area contributed by atoms with E-state index in [9.17, 15) is 9.59 Å². The van der Waals surface area contributed by atoms with E-state index in [2.05, 4.69) is 37.7 Å². The van der Waals surface area contributed by atoms with Crippen molar-refractivity contribution in [3.8, 4) is 0 Å². The van der Waals surface area contributed by atoms with Gasteiger partial charge in [0, 0.05) is 18.8 Å². The zero-order chi connectivity index (χ0) is 15.7. The van der Waals surface area contributed by atoms with Crippen LogP contribution in [0, 0.1) is 5.92 Å². The van der Waals surface area contributed by atoms with Crippen LogP contribution in [0.1, 0.15) is 34.1 Å². The molecule has 2 heterocycles. The first-order chi connectivity index (χ1) is 9.81. The van der Waals surface area contributed by atoms with E-state index in [1.807, 2.05) is 4.57 Å². The average Bonchev–Trinajstić information content (AvgIpc) is 2.72. The predicted molar refractivity (Wildman–Crippen MR) is 86.0 cm³/mol. The van der Waals surface area contributed by atoms with Gasteiger partial charge in [0.15, 0.2) is 16.3 Å². The smallest absolute Gasteiger partial charge is 0.313 e. The van der Waals surface area contributed by atoms with Crippen LogP contribution < -0.4 is 11.2 Å². The molecule has 21 heavy (non-hydrogen) atoms. The maximum Gasteiger partial charge on any atom is 0.329 e. The largest absolute Gasteiger partial charge is 0.329 e. The van der Waals surface area contributed by atoms with Gasteiger partial charge >= 0.3 is 5.69 Å². The van der Waals surface area contributed by atoms with Crippen LogP contribution >= 0.6 is 11.8 Å². The van der Waals surface area contributed by atoms with Crippen LogP contribution in [0.2, 0.25) is 0 Å². The molecule has 0 amide bonds. The number of nitrogens with one attached hydrogen (secondary N) is 1. The highest BCUT2D eigenvalue weighted by Crippen LogP contribution is 2.25. The van der Waals surface area contributed by atoms with Crippen molar-refractivity contribution in [2.45, 2.75) is 51.1 Å². The maximum absolute atomic E-state index is 12.2. The number of hydrogen-bond donors (Lipinski definition) is 1. The Morgan fingerprint density at radius 3 is 2.48 bits per heavy atom. The maximum atomic E-state index is 12.2. The lowest BCUT2D eigenvalue weighted by molar-refractivity contribution is 0.503. The fraction of sp³-hybridized carbons (Fsp3) is 0.643. The fourth-order valence-electron chi connectivity index (χ4n) is 2.11. The number of hydrogen-bond acceptors (Lipinski definition) is 4. The highest BCUT2D eigenvalue weighted by Gasteiger charge is 2.18. The number of aryl methyl sites for hydroxylation is 2. The molecule has 2 aromatic rings. The molecule has 0 atom stereocenters. The van der Waals surface area contributed by atoms with Crippen molar-refractivity contribution in [1.29, 1.82) is 0 Å².